The highest BCUT2D eigenvalue weighted by Crippen LogP contribution is 2.03. The van der Waals surface area contributed by atoms with Crippen molar-refractivity contribution in [2.45, 2.75) is 32.0 Å². The fourth-order valence-corrected chi connectivity index (χ4v) is 1.40. The van der Waals surface area contributed by atoms with E-state index in [2.05, 4.69) is 11.9 Å². The summed E-state index contributed by atoms with van der Waals surface area (Å²) in [6, 6.07) is 0.0317. The van der Waals surface area contributed by atoms with Crippen molar-refractivity contribution in [1.29, 1.82) is 0 Å². The quantitative estimate of drug-likeness (QED) is 0.728. The molecule has 1 aromatic heterocycles. The Kier molecular flexibility index (Phi) is 3.92. The van der Waals surface area contributed by atoms with Crippen LogP contribution in [0, 0.1) is 0 Å². The van der Waals surface area contributed by atoms with E-state index >= 15 is 0 Å². The number of aromatic nitrogens is 2. The molecule has 0 unspecified atom stereocenters. The lowest BCUT2D eigenvalue weighted by molar-refractivity contribution is 0.0722. The minimum atomic E-state index is 0.0317. The molecule has 0 saturated heterocycles. The molecule has 1 aromatic rings. The van der Waals surface area contributed by atoms with Crippen molar-refractivity contribution in [1.82, 2.24) is 9.55 Å². The summed E-state index contributed by atoms with van der Waals surface area (Å²) in [6.07, 6.45) is 6.49. The summed E-state index contributed by atoms with van der Waals surface area (Å²) in [7, 11) is 1.70. The van der Waals surface area contributed by atoms with Crippen molar-refractivity contribution in [3.05, 3.63) is 18.7 Å². The van der Waals surface area contributed by atoms with Crippen LogP contribution >= 0.6 is 0 Å². The van der Waals surface area contributed by atoms with Crippen LogP contribution in [-0.4, -0.2) is 28.8 Å². The van der Waals surface area contributed by atoms with Gasteiger partial charge in [0.05, 0.1) is 12.4 Å². The minimum absolute atomic E-state index is 0.0317. The Morgan fingerprint density at radius 1 is 1.62 bits per heavy atom. The van der Waals surface area contributed by atoms with E-state index in [0.717, 1.165) is 13.0 Å². The molecule has 1 rings (SSSR count). The predicted octanol–water partition coefficient (Wildman–Crippen LogP) is 0.635. The third kappa shape index (κ3) is 2.82. The van der Waals surface area contributed by atoms with Gasteiger partial charge in [-0.15, -0.1) is 0 Å². The van der Waals surface area contributed by atoms with Gasteiger partial charge in [-0.3, -0.25) is 0 Å². The second-order valence-electron chi connectivity index (χ2n) is 3.11. The molecular weight excluding hydrogens is 166 g/mol. The number of ether oxygens (including phenoxy) is 1. The molecule has 1 heterocycles. The first-order valence-corrected chi connectivity index (χ1v) is 4.52. The molecule has 0 spiro atoms. The number of nitrogens with two attached hydrogens (primary N) is 1. The van der Waals surface area contributed by atoms with Crippen LogP contribution in [0.15, 0.2) is 18.7 Å². The van der Waals surface area contributed by atoms with E-state index in [9.17, 15) is 0 Å². The molecule has 2 N–H and O–H groups in total. The second-order valence-corrected chi connectivity index (χ2v) is 3.11. The number of nitrogens with zero attached hydrogens (tertiary/aromatic N) is 2. The van der Waals surface area contributed by atoms with E-state index in [1.807, 2.05) is 10.8 Å². The second kappa shape index (κ2) is 4.99. The van der Waals surface area contributed by atoms with Crippen LogP contribution < -0.4 is 5.73 Å². The Bertz CT molecular complexity index is 219. The van der Waals surface area contributed by atoms with Gasteiger partial charge in [0.1, 0.15) is 0 Å². The van der Waals surface area contributed by atoms with Gasteiger partial charge in [0.25, 0.3) is 0 Å². The Labute approximate surface area is 78.7 Å². The summed E-state index contributed by atoms with van der Waals surface area (Å²) in [5.41, 5.74) is 5.96. The number of hydrogen-bond donors (Lipinski definition) is 1. The molecule has 0 fully saturated rings. The summed E-state index contributed by atoms with van der Waals surface area (Å²) < 4.78 is 7.22. The maximum absolute atomic E-state index is 5.96. The van der Waals surface area contributed by atoms with Crippen LogP contribution in [0.25, 0.3) is 0 Å². The first-order chi connectivity index (χ1) is 6.27. The topological polar surface area (TPSA) is 53.1 Å². The standard InChI is InChI=1S/C9H17N3O/c1-3-9(13-2)8(10)6-12-5-4-11-7-12/h4-5,7-9H,3,6,10H2,1-2H3/t8-,9-/m1/s1. The summed E-state index contributed by atoms with van der Waals surface area (Å²) in [6.45, 7) is 2.83. The largest absolute Gasteiger partial charge is 0.380 e. The molecule has 0 aliphatic carbocycles. The molecule has 13 heavy (non-hydrogen) atoms. The summed E-state index contributed by atoms with van der Waals surface area (Å²) >= 11 is 0. The number of methoxy groups -OCH3 is 1. The van der Waals surface area contributed by atoms with E-state index in [-0.39, 0.29) is 12.1 Å². The van der Waals surface area contributed by atoms with Gasteiger partial charge in [-0.2, -0.15) is 0 Å². The number of imidazole rings is 1. The first kappa shape index (κ1) is 10.2. The average molecular weight is 183 g/mol. The van der Waals surface area contributed by atoms with E-state index in [1.54, 1.807) is 19.6 Å². The molecule has 0 saturated carbocycles. The maximum atomic E-state index is 5.96. The predicted molar refractivity (Wildman–Crippen MR) is 51.3 cm³/mol. The molecule has 0 radical (unpaired) electrons. The maximum Gasteiger partial charge on any atom is 0.0946 e. The van der Waals surface area contributed by atoms with Crippen LogP contribution in [0.3, 0.4) is 0 Å². The molecular formula is C9H17N3O. The Morgan fingerprint density at radius 2 is 2.38 bits per heavy atom. The average Bonchev–Trinajstić information content (AvgIpc) is 2.59. The van der Waals surface area contributed by atoms with Crippen molar-refractivity contribution in [2.24, 2.45) is 5.73 Å². The lowest BCUT2D eigenvalue weighted by atomic mass is 10.1. The zero-order valence-electron chi connectivity index (χ0n) is 8.18. The fourth-order valence-electron chi connectivity index (χ4n) is 1.40. The SMILES string of the molecule is CC[C@@H](OC)[C@H](N)Cn1ccnc1. The molecule has 4 nitrogen and oxygen atoms in total. The zero-order valence-corrected chi connectivity index (χ0v) is 8.18. The van der Waals surface area contributed by atoms with Crippen molar-refractivity contribution >= 4 is 0 Å². The number of rotatable bonds is 5. The normalized spacial score (nSPS) is 15.6. The highest BCUT2D eigenvalue weighted by Gasteiger charge is 2.14. The molecule has 0 aromatic carbocycles. The van der Waals surface area contributed by atoms with E-state index in [1.165, 1.54) is 0 Å². The molecule has 0 bridgehead atoms. The monoisotopic (exact) mass is 183 g/mol. The third-order valence-corrected chi connectivity index (χ3v) is 2.16. The molecule has 0 aliphatic rings. The Morgan fingerprint density at radius 3 is 2.85 bits per heavy atom. The lowest BCUT2D eigenvalue weighted by Crippen LogP contribution is -2.39. The number of hydrogen-bond acceptors (Lipinski definition) is 3. The zero-order chi connectivity index (χ0) is 9.68. The summed E-state index contributed by atoms with van der Waals surface area (Å²) in [5, 5.41) is 0. The molecule has 74 valence electrons. The van der Waals surface area contributed by atoms with Gasteiger partial charge in [0, 0.05) is 32.1 Å². The molecule has 0 aliphatic heterocycles. The van der Waals surface area contributed by atoms with Crippen molar-refractivity contribution in [2.75, 3.05) is 7.11 Å². The van der Waals surface area contributed by atoms with Gasteiger partial charge in [-0.05, 0) is 6.42 Å². The third-order valence-electron chi connectivity index (χ3n) is 2.16. The summed E-state index contributed by atoms with van der Waals surface area (Å²) in [5.74, 6) is 0. The van der Waals surface area contributed by atoms with E-state index in [4.69, 9.17) is 10.5 Å². The van der Waals surface area contributed by atoms with Gasteiger partial charge in [0.2, 0.25) is 0 Å². The van der Waals surface area contributed by atoms with Gasteiger partial charge < -0.3 is 15.0 Å². The minimum Gasteiger partial charge on any atom is -0.380 e. The van der Waals surface area contributed by atoms with Gasteiger partial charge in [-0.1, -0.05) is 6.92 Å². The van der Waals surface area contributed by atoms with Crippen molar-refractivity contribution in [3.8, 4) is 0 Å². The first-order valence-electron chi connectivity index (χ1n) is 4.52. The fraction of sp³-hybridized carbons (Fsp3) is 0.667. The van der Waals surface area contributed by atoms with Crippen LogP contribution in [0.4, 0.5) is 0 Å². The van der Waals surface area contributed by atoms with Crippen molar-refractivity contribution in [3.63, 3.8) is 0 Å². The highest BCUT2D eigenvalue weighted by molar-refractivity contribution is 4.79. The lowest BCUT2D eigenvalue weighted by Gasteiger charge is -2.21. The van der Waals surface area contributed by atoms with Crippen LogP contribution in [0.1, 0.15) is 13.3 Å². The highest BCUT2D eigenvalue weighted by atomic mass is 16.5. The summed E-state index contributed by atoms with van der Waals surface area (Å²) in [4.78, 5) is 3.95. The smallest absolute Gasteiger partial charge is 0.0946 e. The molecule has 4 heteroatoms. The molecule has 0 amide bonds. The molecule has 2 atom stereocenters. The van der Waals surface area contributed by atoms with Crippen LogP contribution in [0.5, 0.6) is 0 Å². The van der Waals surface area contributed by atoms with E-state index < -0.39 is 0 Å². The Balaban J connectivity index is 2.44. The van der Waals surface area contributed by atoms with E-state index in [0.29, 0.717) is 0 Å². The van der Waals surface area contributed by atoms with Gasteiger partial charge >= 0.3 is 0 Å². The van der Waals surface area contributed by atoms with Crippen molar-refractivity contribution < 1.29 is 4.74 Å². The Hall–Kier alpha value is -0.870. The van der Waals surface area contributed by atoms with Crippen LogP contribution in [0.2, 0.25) is 0 Å². The van der Waals surface area contributed by atoms with Gasteiger partial charge in [0.15, 0.2) is 0 Å². The van der Waals surface area contributed by atoms with Crippen LogP contribution in [-0.2, 0) is 11.3 Å². The van der Waals surface area contributed by atoms with Gasteiger partial charge in [-0.25, -0.2) is 4.98 Å².